The Morgan fingerprint density at radius 3 is 2.16 bits per heavy atom. The maximum atomic E-state index is 6.80. The third-order valence-electron chi connectivity index (χ3n) is 11.6. The van der Waals surface area contributed by atoms with Crippen molar-refractivity contribution in [1.82, 2.24) is 14.1 Å². The molecule has 0 N–H and O–H groups in total. The van der Waals surface area contributed by atoms with Crippen LogP contribution in [0.1, 0.15) is 65.2 Å². The molecule has 5 aromatic carbocycles. The number of pyridine rings is 1. The zero-order valence-electron chi connectivity index (χ0n) is 30.4. The van der Waals surface area contributed by atoms with Crippen LogP contribution in [-0.4, -0.2) is 14.1 Å². The lowest BCUT2D eigenvalue weighted by Crippen LogP contribution is -2.40. The van der Waals surface area contributed by atoms with E-state index in [1.165, 1.54) is 38.5 Å². The number of benzene rings is 5. The first-order chi connectivity index (χ1) is 24.4. The zero-order valence-corrected chi connectivity index (χ0v) is 30.4. The first kappa shape index (κ1) is 31.3. The summed E-state index contributed by atoms with van der Waals surface area (Å²) in [5.74, 6) is 2.48. The lowest BCUT2D eigenvalue weighted by atomic mass is 9.61. The molecular formula is C46H43N4O+. The van der Waals surface area contributed by atoms with Gasteiger partial charge in [-0.3, -0.25) is 4.57 Å². The van der Waals surface area contributed by atoms with E-state index in [-0.39, 0.29) is 16.2 Å². The van der Waals surface area contributed by atoms with Gasteiger partial charge in [-0.15, -0.1) is 0 Å². The van der Waals surface area contributed by atoms with Crippen LogP contribution in [0.2, 0.25) is 0 Å². The van der Waals surface area contributed by atoms with E-state index in [1.54, 1.807) is 0 Å². The van der Waals surface area contributed by atoms with Crippen molar-refractivity contribution in [3.63, 3.8) is 0 Å². The molecule has 8 aromatic rings. The third kappa shape index (κ3) is 4.67. The molecule has 0 spiro atoms. The molecule has 0 bridgehead atoms. The number of nitrogens with zero attached hydrogens (tertiary/aromatic N) is 4. The fourth-order valence-electron chi connectivity index (χ4n) is 8.08. The number of fused-ring (bicyclic) bond motifs is 5. The van der Waals surface area contributed by atoms with Crippen molar-refractivity contribution in [2.24, 2.45) is 0 Å². The van der Waals surface area contributed by atoms with Crippen molar-refractivity contribution >= 4 is 32.8 Å². The summed E-state index contributed by atoms with van der Waals surface area (Å²) in [6.07, 6.45) is 4.17. The van der Waals surface area contributed by atoms with E-state index in [4.69, 9.17) is 9.72 Å². The Bertz CT molecular complexity index is 2650. The second-order valence-corrected chi connectivity index (χ2v) is 16.1. The number of rotatable bonds is 4. The number of hydrogen-bond acceptors (Lipinski definition) is 2. The Morgan fingerprint density at radius 2 is 1.35 bits per heavy atom. The highest BCUT2D eigenvalue weighted by Gasteiger charge is 2.47. The molecule has 1 aliphatic rings. The summed E-state index contributed by atoms with van der Waals surface area (Å²) >= 11 is 0. The quantitative estimate of drug-likeness (QED) is 0.175. The molecule has 0 saturated heterocycles. The van der Waals surface area contributed by atoms with Gasteiger partial charge in [-0.25, -0.2) is 4.98 Å². The van der Waals surface area contributed by atoms with Gasteiger partial charge in [-0.2, -0.15) is 9.13 Å². The number of imidazole rings is 1. The SMILES string of the molecule is CC(C)(C)c1ccnc(-n2c3ccccc3c3ccc(Oc4ccc5c(c4)-n4c[n+](-c6ccccc6)c6cccc(c64)C(C)(C)C5(C)C)cc32)c1. The van der Waals surface area contributed by atoms with E-state index in [9.17, 15) is 0 Å². The highest BCUT2D eigenvalue weighted by molar-refractivity contribution is 6.09. The van der Waals surface area contributed by atoms with Crippen molar-refractivity contribution in [3.05, 3.63) is 151 Å². The second kappa shape index (κ2) is 10.9. The van der Waals surface area contributed by atoms with Gasteiger partial charge in [-0.1, -0.05) is 103 Å². The maximum absolute atomic E-state index is 6.80. The average molecular weight is 668 g/mol. The predicted molar refractivity (Wildman–Crippen MR) is 208 cm³/mol. The van der Waals surface area contributed by atoms with Crippen molar-refractivity contribution in [2.45, 2.75) is 64.7 Å². The van der Waals surface area contributed by atoms with Crippen LogP contribution in [0, 0.1) is 0 Å². The highest BCUT2D eigenvalue weighted by atomic mass is 16.5. The average Bonchev–Trinajstić information content (AvgIpc) is 3.66. The van der Waals surface area contributed by atoms with Crippen LogP contribution >= 0.6 is 0 Å². The molecule has 4 heterocycles. The largest absolute Gasteiger partial charge is 0.457 e. The summed E-state index contributed by atoms with van der Waals surface area (Å²) < 4.78 is 13.8. The zero-order chi connectivity index (χ0) is 35.3. The molecular weight excluding hydrogens is 625 g/mol. The standard InChI is InChI=1S/C46H43N4O/c1-44(2,3)30-24-25-47-42(26-30)50-38-18-12-11-16-34(38)35-22-20-32(27-40(35)50)51-33-21-23-36-41(28-33)49-29-48(31-14-9-8-10-15-31)39-19-13-17-37(43(39)49)46(6,7)45(36,4)5/h8-29H,1-7H3/q+1. The molecule has 51 heavy (non-hydrogen) atoms. The van der Waals surface area contributed by atoms with Crippen LogP contribution in [0.5, 0.6) is 11.5 Å². The van der Waals surface area contributed by atoms with Crippen molar-refractivity contribution in [2.75, 3.05) is 0 Å². The van der Waals surface area contributed by atoms with Crippen LogP contribution in [0.25, 0.3) is 50.0 Å². The van der Waals surface area contributed by atoms with Gasteiger partial charge in [0.15, 0.2) is 11.0 Å². The number of para-hydroxylation sites is 3. The topological polar surface area (TPSA) is 35.9 Å². The first-order valence-electron chi connectivity index (χ1n) is 17.9. The van der Waals surface area contributed by atoms with E-state index in [2.05, 4.69) is 190 Å². The normalized spacial score (nSPS) is 14.9. The highest BCUT2D eigenvalue weighted by Crippen LogP contribution is 2.51. The molecule has 0 amide bonds. The monoisotopic (exact) mass is 667 g/mol. The minimum absolute atomic E-state index is 0.00596. The fraction of sp³-hybridized carbons (Fsp3) is 0.217. The van der Waals surface area contributed by atoms with E-state index >= 15 is 0 Å². The van der Waals surface area contributed by atoms with Crippen LogP contribution in [-0.2, 0) is 16.2 Å². The van der Waals surface area contributed by atoms with E-state index in [0.717, 1.165) is 39.7 Å². The summed E-state index contributed by atoms with van der Waals surface area (Å²) in [7, 11) is 0. The lowest BCUT2D eigenvalue weighted by Gasteiger charge is -2.41. The van der Waals surface area contributed by atoms with Gasteiger partial charge in [0.2, 0.25) is 0 Å². The second-order valence-electron chi connectivity index (χ2n) is 16.1. The summed E-state index contributed by atoms with van der Waals surface area (Å²) in [4.78, 5) is 4.87. The van der Waals surface area contributed by atoms with Gasteiger partial charge in [0.05, 0.1) is 11.0 Å². The first-order valence-corrected chi connectivity index (χ1v) is 17.9. The predicted octanol–water partition coefficient (Wildman–Crippen LogP) is 11.1. The van der Waals surface area contributed by atoms with E-state index in [0.29, 0.717) is 0 Å². The summed E-state index contributed by atoms with van der Waals surface area (Å²) in [5.41, 5.74) is 10.4. The molecule has 0 unspecified atom stereocenters. The molecule has 0 atom stereocenters. The molecule has 0 fully saturated rings. The van der Waals surface area contributed by atoms with Crippen LogP contribution in [0.3, 0.4) is 0 Å². The Morgan fingerprint density at radius 1 is 0.647 bits per heavy atom. The summed E-state index contributed by atoms with van der Waals surface area (Å²) in [6.45, 7) is 16.2. The summed E-state index contributed by atoms with van der Waals surface area (Å²) in [6, 6.07) is 43.3. The molecule has 0 radical (unpaired) electrons. The Balaban J connectivity index is 1.21. The smallest absolute Gasteiger partial charge is 0.255 e. The Labute approximate surface area is 299 Å². The van der Waals surface area contributed by atoms with Gasteiger partial charge in [0.1, 0.15) is 28.7 Å². The molecule has 0 aliphatic carbocycles. The molecule has 5 nitrogen and oxygen atoms in total. The molecule has 1 aliphatic heterocycles. The van der Waals surface area contributed by atoms with Gasteiger partial charge in [0.25, 0.3) is 6.33 Å². The maximum Gasteiger partial charge on any atom is 0.255 e. The molecule has 5 heteroatoms. The van der Waals surface area contributed by atoms with Crippen LogP contribution in [0.4, 0.5) is 0 Å². The van der Waals surface area contributed by atoms with Crippen molar-refractivity contribution in [1.29, 1.82) is 0 Å². The fourth-order valence-corrected chi connectivity index (χ4v) is 8.08. The van der Waals surface area contributed by atoms with Crippen LogP contribution < -0.4 is 9.30 Å². The minimum Gasteiger partial charge on any atom is -0.457 e. The van der Waals surface area contributed by atoms with Crippen molar-refractivity contribution < 1.29 is 9.30 Å². The Hall–Kier alpha value is -5.68. The number of aromatic nitrogens is 4. The molecule has 252 valence electrons. The summed E-state index contributed by atoms with van der Waals surface area (Å²) in [5, 5.41) is 2.36. The van der Waals surface area contributed by atoms with Gasteiger partial charge in [0, 0.05) is 51.1 Å². The molecule has 9 rings (SSSR count). The van der Waals surface area contributed by atoms with Crippen molar-refractivity contribution in [3.8, 4) is 28.7 Å². The van der Waals surface area contributed by atoms with E-state index < -0.39 is 0 Å². The molecule has 0 saturated carbocycles. The van der Waals surface area contributed by atoms with Gasteiger partial charge >= 0.3 is 0 Å². The number of ether oxygens (including phenoxy) is 1. The third-order valence-corrected chi connectivity index (χ3v) is 11.6. The van der Waals surface area contributed by atoms with E-state index in [1.807, 2.05) is 6.20 Å². The Kier molecular flexibility index (Phi) is 6.70. The van der Waals surface area contributed by atoms with Gasteiger partial charge < -0.3 is 4.74 Å². The number of hydrogen-bond donors (Lipinski definition) is 0. The van der Waals surface area contributed by atoms with Gasteiger partial charge in [-0.05, 0) is 65.6 Å². The minimum atomic E-state index is -0.166. The molecule has 3 aromatic heterocycles. The lowest BCUT2D eigenvalue weighted by molar-refractivity contribution is -0.567. The van der Waals surface area contributed by atoms with Crippen LogP contribution in [0.15, 0.2) is 134 Å².